The van der Waals surface area contributed by atoms with Gasteiger partial charge in [-0.1, -0.05) is 66.2 Å². The topological polar surface area (TPSA) is 29.6 Å². The molecule has 0 spiro atoms. The first-order valence-electron chi connectivity index (χ1n) is 8.19. The van der Waals surface area contributed by atoms with Gasteiger partial charge >= 0.3 is 0 Å². The van der Waals surface area contributed by atoms with Gasteiger partial charge in [0, 0.05) is 11.9 Å². The Labute approximate surface area is 152 Å². The van der Waals surface area contributed by atoms with E-state index in [2.05, 4.69) is 57.9 Å². The van der Waals surface area contributed by atoms with Crippen LogP contribution in [0.25, 0.3) is 11.3 Å². The van der Waals surface area contributed by atoms with Gasteiger partial charge in [-0.2, -0.15) is 5.10 Å². The molecule has 0 radical (unpaired) electrons. The molecule has 0 unspecified atom stereocenters. The van der Waals surface area contributed by atoms with Crippen LogP contribution in [-0.4, -0.2) is 10.3 Å². The number of nitrogens with zero attached hydrogens (tertiary/aromatic N) is 3. The Kier molecular flexibility index (Phi) is 5.41. The van der Waals surface area contributed by atoms with Crippen LogP contribution in [0.4, 0.5) is 0 Å². The lowest BCUT2D eigenvalue weighted by molar-refractivity contribution is 0.788. The van der Waals surface area contributed by atoms with E-state index in [1.807, 2.05) is 43.3 Å². The lowest BCUT2D eigenvalue weighted by atomic mass is 10.1. The smallest absolute Gasteiger partial charge is 0.211 e. The van der Waals surface area contributed by atoms with E-state index in [-0.39, 0.29) is 0 Å². The molecule has 3 nitrogen and oxygen atoms in total. The summed E-state index contributed by atoms with van der Waals surface area (Å²) in [5.41, 5.74) is 5.54. The highest BCUT2D eigenvalue weighted by atomic mass is 32.1. The molecule has 0 bridgehead atoms. The van der Waals surface area contributed by atoms with Crippen LogP contribution in [0.15, 0.2) is 82.8 Å². The minimum Gasteiger partial charge on any atom is -0.311 e. The van der Waals surface area contributed by atoms with Gasteiger partial charge in [0.25, 0.3) is 0 Å². The summed E-state index contributed by atoms with van der Waals surface area (Å²) in [6.45, 7) is 8.65. The van der Waals surface area contributed by atoms with Crippen molar-refractivity contribution in [2.24, 2.45) is 10.2 Å². The molecule has 25 heavy (non-hydrogen) atoms. The van der Waals surface area contributed by atoms with Gasteiger partial charge < -0.3 is 4.57 Å². The van der Waals surface area contributed by atoms with Crippen LogP contribution in [0.3, 0.4) is 0 Å². The van der Waals surface area contributed by atoms with Crippen molar-refractivity contribution in [2.45, 2.75) is 20.4 Å². The zero-order valence-corrected chi connectivity index (χ0v) is 15.3. The van der Waals surface area contributed by atoms with Crippen LogP contribution < -0.4 is 4.80 Å². The molecule has 0 saturated heterocycles. The normalized spacial score (nSPS) is 12.4. The summed E-state index contributed by atoms with van der Waals surface area (Å²) in [6.07, 6.45) is 1.89. The van der Waals surface area contributed by atoms with E-state index in [1.165, 1.54) is 11.1 Å². The first kappa shape index (κ1) is 17.1. The molecule has 126 valence electrons. The second-order valence-corrected chi connectivity index (χ2v) is 6.66. The Morgan fingerprint density at radius 2 is 1.84 bits per heavy atom. The largest absolute Gasteiger partial charge is 0.311 e. The Morgan fingerprint density at radius 3 is 2.52 bits per heavy atom. The molecule has 3 rings (SSSR count). The third-order valence-corrected chi connectivity index (χ3v) is 4.79. The highest BCUT2D eigenvalue weighted by molar-refractivity contribution is 7.07. The van der Waals surface area contributed by atoms with Crippen molar-refractivity contribution >= 4 is 17.0 Å². The molecule has 0 saturated carbocycles. The number of hydrogen-bond acceptors (Lipinski definition) is 3. The van der Waals surface area contributed by atoms with Crippen LogP contribution in [0.1, 0.15) is 18.1 Å². The molecule has 0 amide bonds. The Hall–Kier alpha value is -2.72. The Balaban J connectivity index is 2.02. The third-order valence-electron chi connectivity index (χ3n) is 3.93. The van der Waals surface area contributed by atoms with E-state index in [9.17, 15) is 0 Å². The summed E-state index contributed by atoms with van der Waals surface area (Å²) < 4.78 is 2.14. The lowest BCUT2D eigenvalue weighted by Crippen LogP contribution is -2.15. The molecule has 0 aliphatic rings. The lowest BCUT2D eigenvalue weighted by Gasteiger charge is -2.06. The van der Waals surface area contributed by atoms with Gasteiger partial charge in [-0.25, -0.2) is 0 Å². The predicted octanol–water partition coefficient (Wildman–Crippen LogP) is 5.04. The van der Waals surface area contributed by atoms with Crippen molar-refractivity contribution in [3.05, 3.63) is 88.6 Å². The molecule has 0 atom stereocenters. The van der Waals surface area contributed by atoms with Crippen LogP contribution >= 0.6 is 11.3 Å². The second kappa shape index (κ2) is 7.90. The second-order valence-electron chi connectivity index (χ2n) is 5.82. The van der Waals surface area contributed by atoms with Crippen molar-refractivity contribution in [3.8, 4) is 11.3 Å². The zero-order valence-electron chi connectivity index (χ0n) is 14.5. The van der Waals surface area contributed by atoms with E-state index in [0.717, 1.165) is 21.8 Å². The first-order valence-corrected chi connectivity index (χ1v) is 9.07. The first-order chi connectivity index (χ1) is 12.2. The highest BCUT2D eigenvalue weighted by Crippen LogP contribution is 2.20. The molecular formula is C21H21N3S. The summed E-state index contributed by atoms with van der Waals surface area (Å²) in [4.78, 5) is 0.866. The standard InChI is InChI=1S/C21H21N3S/c1-4-14-24-20(19-12-10-16(2)11-13-19)15-25-21(24)23-22-17(3)18-8-6-5-7-9-18/h4-13,15H,1,14H2,2-3H3/b22-17-,23-21-. The number of thiazole rings is 1. The van der Waals surface area contributed by atoms with Gasteiger partial charge in [-0.05, 0) is 25.0 Å². The highest BCUT2D eigenvalue weighted by Gasteiger charge is 2.07. The summed E-state index contributed by atoms with van der Waals surface area (Å²) in [5, 5.41) is 11.0. The number of benzene rings is 2. The van der Waals surface area contributed by atoms with Gasteiger partial charge in [0.2, 0.25) is 4.80 Å². The van der Waals surface area contributed by atoms with Gasteiger partial charge in [-0.3, -0.25) is 0 Å². The molecular weight excluding hydrogens is 326 g/mol. The fraction of sp³-hybridized carbons (Fsp3) is 0.143. The average molecular weight is 347 g/mol. The van der Waals surface area contributed by atoms with E-state index in [0.29, 0.717) is 6.54 Å². The Morgan fingerprint density at radius 1 is 1.12 bits per heavy atom. The van der Waals surface area contributed by atoms with E-state index < -0.39 is 0 Å². The molecule has 1 heterocycles. The molecule has 2 aromatic carbocycles. The minimum atomic E-state index is 0.700. The van der Waals surface area contributed by atoms with Gasteiger partial charge in [0.05, 0.1) is 11.4 Å². The fourth-order valence-electron chi connectivity index (χ4n) is 2.52. The van der Waals surface area contributed by atoms with E-state index in [1.54, 1.807) is 11.3 Å². The molecule has 4 heteroatoms. The van der Waals surface area contributed by atoms with E-state index in [4.69, 9.17) is 0 Å². The molecule has 3 aromatic rings. The van der Waals surface area contributed by atoms with Crippen molar-refractivity contribution in [1.82, 2.24) is 4.57 Å². The number of rotatable bonds is 5. The van der Waals surface area contributed by atoms with E-state index >= 15 is 0 Å². The van der Waals surface area contributed by atoms with Crippen molar-refractivity contribution in [2.75, 3.05) is 0 Å². The Bertz CT molecular complexity index is 945. The SMILES string of the molecule is C=CCn1c(-c2ccc(C)cc2)cs/c1=N\N=C(\C)c1ccccc1. The van der Waals surface area contributed by atoms with Crippen LogP contribution in [-0.2, 0) is 6.54 Å². The fourth-order valence-corrected chi connectivity index (χ4v) is 3.39. The number of aryl methyl sites for hydroxylation is 1. The maximum absolute atomic E-state index is 4.49. The van der Waals surface area contributed by atoms with Gasteiger partial charge in [0.15, 0.2) is 0 Å². The van der Waals surface area contributed by atoms with Crippen molar-refractivity contribution in [1.29, 1.82) is 0 Å². The monoisotopic (exact) mass is 347 g/mol. The molecule has 0 aliphatic carbocycles. The predicted molar refractivity (Wildman–Crippen MR) is 107 cm³/mol. The summed E-state index contributed by atoms with van der Waals surface area (Å²) in [6, 6.07) is 18.6. The van der Waals surface area contributed by atoms with Crippen molar-refractivity contribution in [3.63, 3.8) is 0 Å². The van der Waals surface area contributed by atoms with Crippen LogP contribution in [0, 0.1) is 6.92 Å². The summed E-state index contributed by atoms with van der Waals surface area (Å²) in [7, 11) is 0. The summed E-state index contributed by atoms with van der Waals surface area (Å²) >= 11 is 1.59. The number of allylic oxidation sites excluding steroid dienone is 1. The van der Waals surface area contributed by atoms with Crippen molar-refractivity contribution < 1.29 is 0 Å². The summed E-state index contributed by atoms with van der Waals surface area (Å²) in [5.74, 6) is 0. The van der Waals surface area contributed by atoms with Gasteiger partial charge in [-0.15, -0.1) is 23.0 Å². The maximum Gasteiger partial charge on any atom is 0.211 e. The number of aromatic nitrogens is 1. The zero-order chi connectivity index (χ0) is 17.6. The molecule has 1 aromatic heterocycles. The van der Waals surface area contributed by atoms with Crippen LogP contribution in [0.2, 0.25) is 0 Å². The minimum absolute atomic E-state index is 0.700. The quantitative estimate of drug-likeness (QED) is 0.352. The molecule has 0 N–H and O–H groups in total. The van der Waals surface area contributed by atoms with Crippen LogP contribution in [0.5, 0.6) is 0 Å². The number of hydrogen-bond donors (Lipinski definition) is 0. The maximum atomic E-state index is 4.49. The molecule has 0 fully saturated rings. The molecule has 0 aliphatic heterocycles. The third kappa shape index (κ3) is 4.03. The average Bonchev–Trinajstić information content (AvgIpc) is 3.04. The van der Waals surface area contributed by atoms with Gasteiger partial charge in [0.1, 0.15) is 0 Å².